The van der Waals surface area contributed by atoms with E-state index in [1.165, 1.54) is 18.4 Å². The van der Waals surface area contributed by atoms with Crippen LogP contribution in [0.2, 0.25) is 0 Å². The number of hydrogen-bond acceptors (Lipinski definition) is 2. The first-order valence-corrected chi connectivity index (χ1v) is 7.63. The lowest BCUT2D eigenvalue weighted by Gasteiger charge is -2.10. The molecule has 0 aromatic heterocycles. The molecule has 19 heavy (non-hydrogen) atoms. The number of hydrogen-bond donors (Lipinski definition) is 1. The van der Waals surface area contributed by atoms with Gasteiger partial charge in [0.15, 0.2) is 0 Å². The SMILES string of the molecule is CC(C)COCCCNCc1ccccc1C1CC1. The van der Waals surface area contributed by atoms with Crippen LogP contribution in [0.4, 0.5) is 0 Å². The van der Waals surface area contributed by atoms with Gasteiger partial charge in [0.25, 0.3) is 0 Å². The summed E-state index contributed by atoms with van der Waals surface area (Å²) >= 11 is 0. The van der Waals surface area contributed by atoms with Gasteiger partial charge >= 0.3 is 0 Å². The highest BCUT2D eigenvalue weighted by molar-refractivity contribution is 5.33. The van der Waals surface area contributed by atoms with Crippen molar-refractivity contribution in [2.45, 2.75) is 45.6 Å². The van der Waals surface area contributed by atoms with Gasteiger partial charge in [-0.25, -0.2) is 0 Å². The van der Waals surface area contributed by atoms with Crippen molar-refractivity contribution in [3.05, 3.63) is 35.4 Å². The van der Waals surface area contributed by atoms with E-state index in [4.69, 9.17) is 4.74 Å². The lowest BCUT2D eigenvalue weighted by Crippen LogP contribution is -2.17. The Morgan fingerprint density at radius 1 is 1.26 bits per heavy atom. The van der Waals surface area contributed by atoms with E-state index in [2.05, 4.69) is 43.4 Å². The fourth-order valence-corrected chi connectivity index (χ4v) is 2.33. The maximum atomic E-state index is 5.58. The van der Waals surface area contributed by atoms with Crippen LogP contribution in [0, 0.1) is 5.92 Å². The van der Waals surface area contributed by atoms with E-state index < -0.39 is 0 Å². The molecule has 1 aromatic rings. The summed E-state index contributed by atoms with van der Waals surface area (Å²) in [6.45, 7) is 8.16. The molecule has 2 heteroatoms. The molecule has 0 heterocycles. The standard InChI is InChI=1S/C17H27NO/c1-14(2)13-19-11-5-10-18-12-16-6-3-4-7-17(16)15-8-9-15/h3-4,6-7,14-15,18H,5,8-13H2,1-2H3. The van der Waals surface area contributed by atoms with Gasteiger partial charge in [-0.1, -0.05) is 38.1 Å². The Bertz CT molecular complexity index is 371. The summed E-state index contributed by atoms with van der Waals surface area (Å²) < 4.78 is 5.58. The van der Waals surface area contributed by atoms with Crippen molar-refractivity contribution in [1.29, 1.82) is 0 Å². The minimum Gasteiger partial charge on any atom is -0.381 e. The molecule has 0 unspecified atom stereocenters. The van der Waals surface area contributed by atoms with Crippen molar-refractivity contribution in [2.24, 2.45) is 5.92 Å². The first-order valence-electron chi connectivity index (χ1n) is 7.63. The van der Waals surface area contributed by atoms with Crippen LogP contribution >= 0.6 is 0 Å². The van der Waals surface area contributed by atoms with Gasteiger partial charge in [-0.3, -0.25) is 0 Å². The summed E-state index contributed by atoms with van der Waals surface area (Å²) in [5.74, 6) is 1.48. The summed E-state index contributed by atoms with van der Waals surface area (Å²) in [5.41, 5.74) is 3.04. The number of benzene rings is 1. The van der Waals surface area contributed by atoms with Crippen LogP contribution in [0.5, 0.6) is 0 Å². The van der Waals surface area contributed by atoms with E-state index in [1.807, 2.05) is 0 Å². The van der Waals surface area contributed by atoms with Gasteiger partial charge in [0.05, 0.1) is 0 Å². The van der Waals surface area contributed by atoms with E-state index in [9.17, 15) is 0 Å². The average Bonchev–Trinajstić information content (AvgIpc) is 3.22. The van der Waals surface area contributed by atoms with Gasteiger partial charge in [-0.2, -0.15) is 0 Å². The third kappa shape index (κ3) is 5.33. The van der Waals surface area contributed by atoms with Gasteiger partial charge in [0.2, 0.25) is 0 Å². The Hall–Kier alpha value is -0.860. The van der Waals surface area contributed by atoms with Crippen molar-refractivity contribution < 1.29 is 4.74 Å². The minimum atomic E-state index is 0.637. The lowest BCUT2D eigenvalue weighted by atomic mass is 10.0. The van der Waals surface area contributed by atoms with Gasteiger partial charge < -0.3 is 10.1 Å². The van der Waals surface area contributed by atoms with Crippen molar-refractivity contribution in [3.63, 3.8) is 0 Å². The predicted octanol–water partition coefficient (Wildman–Crippen LogP) is 3.72. The second kappa shape index (κ2) is 7.66. The molecular formula is C17H27NO. The zero-order chi connectivity index (χ0) is 13.5. The van der Waals surface area contributed by atoms with Crippen LogP contribution in [-0.4, -0.2) is 19.8 Å². The van der Waals surface area contributed by atoms with Gasteiger partial charge in [0, 0.05) is 19.8 Å². The molecule has 1 aliphatic rings. The van der Waals surface area contributed by atoms with E-state index in [0.717, 1.165) is 38.6 Å². The molecule has 2 nitrogen and oxygen atoms in total. The normalized spacial score (nSPS) is 15.1. The second-order valence-electron chi connectivity index (χ2n) is 5.97. The number of ether oxygens (including phenoxy) is 1. The smallest absolute Gasteiger partial charge is 0.0489 e. The van der Waals surface area contributed by atoms with Gasteiger partial charge in [-0.15, -0.1) is 0 Å². The van der Waals surface area contributed by atoms with Crippen molar-refractivity contribution in [1.82, 2.24) is 5.32 Å². The number of nitrogens with one attached hydrogen (secondary N) is 1. The van der Waals surface area contributed by atoms with Crippen molar-refractivity contribution in [3.8, 4) is 0 Å². The second-order valence-corrected chi connectivity index (χ2v) is 5.97. The zero-order valence-corrected chi connectivity index (χ0v) is 12.3. The highest BCUT2D eigenvalue weighted by Crippen LogP contribution is 2.41. The molecule has 106 valence electrons. The molecule has 1 fully saturated rings. The molecule has 1 saturated carbocycles. The molecule has 0 amide bonds. The molecule has 0 radical (unpaired) electrons. The fraction of sp³-hybridized carbons (Fsp3) is 0.647. The third-order valence-electron chi connectivity index (χ3n) is 3.48. The van der Waals surface area contributed by atoms with Gasteiger partial charge in [-0.05, 0) is 48.8 Å². The Morgan fingerprint density at radius 3 is 2.79 bits per heavy atom. The molecule has 1 N–H and O–H groups in total. The first-order chi connectivity index (χ1) is 9.27. The van der Waals surface area contributed by atoms with E-state index in [1.54, 1.807) is 5.56 Å². The molecule has 2 rings (SSSR count). The molecule has 0 bridgehead atoms. The van der Waals surface area contributed by atoms with Crippen molar-refractivity contribution in [2.75, 3.05) is 19.8 Å². The Balaban J connectivity index is 1.60. The Kier molecular flexibility index (Phi) is 5.87. The lowest BCUT2D eigenvalue weighted by molar-refractivity contribution is 0.108. The average molecular weight is 261 g/mol. The molecule has 0 spiro atoms. The fourth-order valence-electron chi connectivity index (χ4n) is 2.33. The van der Waals surface area contributed by atoms with Crippen LogP contribution in [0.3, 0.4) is 0 Å². The quantitative estimate of drug-likeness (QED) is 0.684. The molecule has 0 atom stereocenters. The third-order valence-corrected chi connectivity index (χ3v) is 3.48. The summed E-state index contributed by atoms with van der Waals surface area (Å²) in [6.07, 6.45) is 3.85. The molecule has 1 aliphatic carbocycles. The first kappa shape index (κ1) is 14.5. The van der Waals surface area contributed by atoms with Crippen LogP contribution in [0.15, 0.2) is 24.3 Å². The molecule has 0 saturated heterocycles. The van der Waals surface area contributed by atoms with E-state index in [-0.39, 0.29) is 0 Å². The maximum absolute atomic E-state index is 5.58. The van der Waals surface area contributed by atoms with Crippen LogP contribution in [0.25, 0.3) is 0 Å². The van der Waals surface area contributed by atoms with E-state index >= 15 is 0 Å². The minimum absolute atomic E-state index is 0.637. The summed E-state index contributed by atoms with van der Waals surface area (Å²) in [7, 11) is 0. The van der Waals surface area contributed by atoms with E-state index in [0.29, 0.717) is 5.92 Å². The predicted molar refractivity (Wildman–Crippen MR) is 80.4 cm³/mol. The molecular weight excluding hydrogens is 234 g/mol. The van der Waals surface area contributed by atoms with Crippen LogP contribution in [0.1, 0.15) is 50.2 Å². The Morgan fingerprint density at radius 2 is 2.05 bits per heavy atom. The molecule has 1 aromatic carbocycles. The zero-order valence-electron chi connectivity index (χ0n) is 12.3. The van der Waals surface area contributed by atoms with Crippen LogP contribution in [-0.2, 0) is 11.3 Å². The largest absolute Gasteiger partial charge is 0.381 e. The van der Waals surface area contributed by atoms with Crippen molar-refractivity contribution >= 4 is 0 Å². The summed E-state index contributed by atoms with van der Waals surface area (Å²) in [6, 6.07) is 8.86. The summed E-state index contributed by atoms with van der Waals surface area (Å²) in [4.78, 5) is 0. The maximum Gasteiger partial charge on any atom is 0.0489 e. The summed E-state index contributed by atoms with van der Waals surface area (Å²) in [5, 5.41) is 3.53. The van der Waals surface area contributed by atoms with Crippen LogP contribution < -0.4 is 5.32 Å². The highest BCUT2D eigenvalue weighted by atomic mass is 16.5. The number of rotatable bonds is 9. The highest BCUT2D eigenvalue weighted by Gasteiger charge is 2.25. The monoisotopic (exact) mass is 261 g/mol. The Labute approximate surface area is 117 Å². The molecule has 0 aliphatic heterocycles. The topological polar surface area (TPSA) is 21.3 Å². The van der Waals surface area contributed by atoms with Gasteiger partial charge in [0.1, 0.15) is 0 Å².